The first-order valence-corrected chi connectivity index (χ1v) is 6.17. The zero-order valence-electron chi connectivity index (χ0n) is 10.6. The number of hydrogen-bond donors (Lipinski definition) is 2. The summed E-state index contributed by atoms with van der Waals surface area (Å²) in [5.41, 5.74) is 8.89. The molecule has 0 radical (unpaired) electrons. The molecule has 20 heavy (non-hydrogen) atoms. The number of anilines is 2. The van der Waals surface area contributed by atoms with E-state index in [1.807, 2.05) is 24.3 Å². The standard InChI is InChI=1S/C16H12N2O2/c17-10-5-7-11(8-6-10)18-14-9-15(19)16(20)13-4-2-1-3-12(13)14/h1-9,18H,17H2. The number of nitrogens with two attached hydrogens (primary N) is 1. The minimum Gasteiger partial charge on any atom is -0.399 e. The van der Waals surface area contributed by atoms with Crippen molar-refractivity contribution in [3.8, 4) is 0 Å². The summed E-state index contributed by atoms with van der Waals surface area (Å²) in [4.78, 5) is 23.5. The number of hydrogen-bond acceptors (Lipinski definition) is 4. The summed E-state index contributed by atoms with van der Waals surface area (Å²) in [5, 5.41) is 3.15. The van der Waals surface area contributed by atoms with Crippen molar-refractivity contribution in [2.45, 2.75) is 0 Å². The maximum atomic E-state index is 11.8. The Morgan fingerprint density at radius 1 is 0.850 bits per heavy atom. The zero-order chi connectivity index (χ0) is 14.1. The van der Waals surface area contributed by atoms with Gasteiger partial charge in [0, 0.05) is 28.6 Å². The SMILES string of the molecule is Nc1ccc(NC2=CC(=O)C(=O)c3ccccc32)cc1. The van der Waals surface area contributed by atoms with Gasteiger partial charge in [0.15, 0.2) is 0 Å². The van der Waals surface area contributed by atoms with Crippen LogP contribution in [-0.2, 0) is 4.79 Å². The van der Waals surface area contributed by atoms with Gasteiger partial charge in [-0.1, -0.05) is 24.3 Å². The van der Waals surface area contributed by atoms with Gasteiger partial charge in [0.2, 0.25) is 11.6 Å². The summed E-state index contributed by atoms with van der Waals surface area (Å²) in [6.07, 6.45) is 1.33. The summed E-state index contributed by atoms with van der Waals surface area (Å²) >= 11 is 0. The third-order valence-electron chi connectivity index (χ3n) is 3.15. The maximum Gasteiger partial charge on any atom is 0.233 e. The first-order valence-electron chi connectivity index (χ1n) is 6.17. The highest BCUT2D eigenvalue weighted by Gasteiger charge is 2.25. The average molecular weight is 264 g/mol. The Kier molecular flexibility index (Phi) is 2.84. The van der Waals surface area contributed by atoms with E-state index in [9.17, 15) is 9.59 Å². The quantitative estimate of drug-likeness (QED) is 0.645. The van der Waals surface area contributed by atoms with Gasteiger partial charge in [-0.3, -0.25) is 9.59 Å². The molecule has 3 N–H and O–H groups in total. The Morgan fingerprint density at radius 3 is 2.20 bits per heavy atom. The molecule has 2 aromatic carbocycles. The molecule has 2 aromatic rings. The molecule has 1 aliphatic rings. The van der Waals surface area contributed by atoms with Crippen LogP contribution in [0.3, 0.4) is 0 Å². The maximum absolute atomic E-state index is 11.8. The van der Waals surface area contributed by atoms with Gasteiger partial charge in [-0.05, 0) is 24.3 Å². The van der Waals surface area contributed by atoms with E-state index in [0.29, 0.717) is 16.9 Å². The fourth-order valence-electron chi connectivity index (χ4n) is 2.15. The number of nitrogen functional groups attached to an aromatic ring is 1. The fourth-order valence-corrected chi connectivity index (χ4v) is 2.15. The monoisotopic (exact) mass is 264 g/mol. The van der Waals surface area contributed by atoms with Gasteiger partial charge in [0.1, 0.15) is 0 Å². The van der Waals surface area contributed by atoms with Crippen LogP contribution < -0.4 is 11.1 Å². The van der Waals surface area contributed by atoms with Gasteiger partial charge in [-0.15, -0.1) is 0 Å². The molecule has 3 rings (SSSR count). The number of rotatable bonds is 2. The van der Waals surface area contributed by atoms with Crippen molar-refractivity contribution in [1.29, 1.82) is 0 Å². The molecule has 0 amide bonds. The van der Waals surface area contributed by atoms with E-state index in [0.717, 1.165) is 11.3 Å². The highest BCUT2D eigenvalue weighted by molar-refractivity contribution is 6.50. The highest BCUT2D eigenvalue weighted by Crippen LogP contribution is 2.26. The van der Waals surface area contributed by atoms with Crippen LogP contribution in [0.15, 0.2) is 54.6 Å². The molecule has 0 saturated carbocycles. The molecule has 0 fully saturated rings. The largest absolute Gasteiger partial charge is 0.399 e. The molecule has 1 aliphatic carbocycles. The Labute approximate surface area is 115 Å². The van der Waals surface area contributed by atoms with E-state index in [1.165, 1.54) is 6.08 Å². The van der Waals surface area contributed by atoms with Crippen molar-refractivity contribution in [3.63, 3.8) is 0 Å². The summed E-state index contributed by atoms with van der Waals surface area (Å²) in [5.74, 6) is -0.981. The molecular weight excluding hydrogens is 252 g/mol. The van der Waals surface area contributed by atoms with E-state index < -0.39 is 11.6 Å². The minimum atomic E-state index is -0.512. The Bertz CT molecular complexity index is 730. The van der Waals surface area contributed by atoms with Gasteiger partial charge in [0.25, 0.3) is 0 Å². The van der Waals surface area contributed by atoms with Crippen LogP contribution >= 0.6 is 0 Å². The number of carbonyl (C=O) groups excluding carboxylic acids is 2. The summed E-state index contributed by atoms with van der Waals surface area (Å²) in [7, 11) is 0. The molecule has 98 valence electrons. The highest BCUT2D eigenvalue weighted by atomic mass is 16.2. The second-order valence-electron chi connectivity index (χ2n) is 4.54. The van der Waals surface area contributed by atoms with Crippen molar-refractivity contribution < 1.29 is 9.59 Å². The topological polar surface area (TPSA) is 72.2 Å². The normalized spacial score (nSPS) is 13.7. The van der Waals surface area contributed by atoms with Crippen LogP contribution in [0.5, 0.6) is 0 Å². The van der Waals surface area contributed by atoms with Gasteiger partial charge in [-0.2, -0.15) is 0 Å². The van der Waals surface area contributed by atoms with Gasteiger partial charge < -0.3 is 11.1 Å². The Balaban J connectivity index is 2.01. The molecule has 4 nitrogen and oxygen atoms in total. The first kappa shape index (κ1) is 12.2. The molecule has 0 atom stereocenters. The van der Waals surface area contributed by atoms with Gasteiger partial charge >= 0.3 is 0 Å². The summed E-state index contributed by atoms with van der Waals surface area (Å²) in [6.45, 7) is 0. The smallest absolute Gasteiger partial charge is 0.233 e. The molecule has 0 bridgehead atoms. The fraction of sp³-hybridized carbons (Fsp3) is 0. The van der Waals surface area contributed by atoms with Crippen molar-refractivity contribution in [2.24, 2.45) is 0 Å². The second kappa shape index (κ2) is 4.66. The Morgan fingerprint density at radius 2 is 1.50 bits per heavy atom. The lowest BCUT2D eigenvalue weighted by Crippen LogP contribution is -2.20. The number of Topliss-reactive ketones (excluding diaryl/α,β-unsaturated/α-hetero) is 1. The first-order chi connectivity index (χ1) is 9.65. The van der Waals surface area contributed by atoms with E-state index in [2.05, 4.69) is 5.32 Å². The van der Waals surface area contributed by atoms with Crippen LogP contribution in [0.1, 0.15) is 15.9 Å². The number of fused-ring (bicyclic) bond motifs is 1. The third-order valence-corrected chi connectivity index (χ3v) is 3.15. The predicted molar refractivity (Wildman–Crippen MR) is 78.2 cm³/mol. The summed E-state index contributed by atoms with van der Waals surface area (Å²) in [6, 6.07) is 14.2. The number of allylic oxidation sites excluding steroid dienone is 1. The van der Waals surface area contributed by atoms with Gasteiger partial charge in [0.05, 0.1) is 5.70 Å². The lowest BCUT2D eigenvalue weighted by atomic mass is 9.92. The molecule has 0 heterocycles. The lowest BCUT2D eigenvalue weighted by Gasteiger charge is -2.17. The van der Waals surface area contributed by atoms with Crippen molar-refractivity contribution >= 4 is 28.6 Å². The van der Waals surface area contributed by atoms with Crippen molar-refractivity contribution in [1.82, 2.24) is 0 Å². The molecular formula is C16H12N2O2. The molecule has 0 saturated heterocycles. The van der Waals surface area contributed by atoms with E-state index >= 15 is 0 Å². The lowest BCUT2D eigenvalue weighted by molar-refractivity contribution is -0.111. The van der Waals surface area contributed by atoms with E-state index in [4.69, 9.17) is 5.73 Å². The van der Waals surface area contributed by atoms with E-state index in [1.54, 1.807) is 24.3 Å². The van der Waals surface area contributed by atoms with Crippen molar-refractivity contribution in [3.05, 3.63) is 65.7 Å². The van der Waals surface area contributed by atoms with Crippen molar-refractivity contribution in [2.75, 3.05) is 11.1 Å². The second-order valence-corrected chi connectivity index (χ2v) is 4.54. The van der Waals surface area contributed by atoms with Crippen LogP contribution in [0, 0.1) is 0 Å². The third kappa shape index (κ3) is 2.07. The number of nitrogens with one attached hydrogen (secondary N) is 1. The van der Waals surface area contributed by atoms with Crippen LogP contribution in [0.2, 0.25) is 0 Å². The van der Waals surface area contributed by atoms with Gasteiger partial charge in [-0.25, -0.2) is 0 Å². The number of carbonyl (C=O) groups is 2. The minimum absolute atomic E-state index is 0.429. The predicted octanol–water partition coefficient (Wildman–Crippen LogP) is 2.49. The van der Waals surface area contributed by atoms with Crippen LogP contribution in [0.25, 0.3) is 5.70 Å². The number of benzene rings is 2. The molecule has 0 unspecified atom stereocenters. The zero-order valence-corrected chi connectivity index (χ0v) is 10.6. The number of ketones is 2. The summed E-state index contributed by atoms with van der Waals surface area (Å²) < 4.78 is 0. The molecule has 0 spiro atoms. The van der Waals surface area contributed by atoms with Crippen LogP contribution in [-0.4, -0.2) is 11.6 Å². The molecule has 0 aromatic heterocycles. The van der Waals surface area contributed by atoms with Crippen LogP contribution in [0.4, 0.5) is 11.4 Å². The molecule has 4 heteroatoms. The molecule has 0 aliphatic heterocycles. The van der Waals surface area contributed by atoms with E-state index in [-0.39, 0.29) is 0 Å². The average Bonchev–Trinajstić information content (AvgIpc) is 2.47. The Hall–Kier alpha value is -2.88.